The van der Waals surface area contributed by atoms with Crippen molar-refractivity contribution >= 4 is 33.3 Å². The van der Waals surface area contributed by atoms with Crippen molar-refractivity contribution in [2.24, 2.45) is 0 Å². The van der Waals surface area contributed by atoms with E-state index in [1.54, 1.807) is 0 Å². The molecule has 2 rings (SSSR count). The fraction of sp³-hybridized carbons (Fsp3) is 0.0714. The van der Waals surface area contributed by atoms with Crippen LogP contribution in [-0.2, 0) is 0 Å². The van der Waals surface area contributed by atoms with Crippen molar-refractivity contribution in [1.82, 2.24) is 0 Å². The molecule has 0 unspecified atom stereocenters. The van der Waals surface area contributed by atoms with E-state index in [2.05, 4.69) is 20.7 Å². The summed E-state index contributed by atoms with van der Waals surface area (Å²) in [5.74, 6) is -1.13. The first-order chi connectivity index (χ1) is 9.78. The molecule has 0 radical (unpaired) electrons. The van der Waals surface area contributed by atoms with E-state index in [1.165, 1.54) is 36.4 Å². The maximum absolute atomic E-state index is 12.3. The Hall–Kier alpha value is -1.53. The van der Waals surface area contributed by atoms with Crippen LogP contribution in [-0.4, -0.2) is 12.1 Å². The van der Waals surface area contributed by atoms with Crippen molar-refractivity contribution in [2.45, 2.75) is 6.36 Å². The number of halogens is 5. The third-order valence-corrected chi connectivity index (χ3v) is 3.75. The third-order valence-electron chi connectivity index (χ3n) is 2.54. The van der Waals surface area contributed by atoms with E-state index in [0.29, 0.717) is 9.50 Å². The maximum atomic E-state index is 12.3. The van der Waals surface area contributed by atoms with Crippen LogP contribution in [0.4, 0.5) is 13.2 Å². The third kappa shape index (κ3) is 3.98. The van der Waals surface area contributed by atoms with Gasteiger partial charge in [0.05, 0.1) is 10.6 Å². The summed E-state index contributed by atoms with van der Waals surface area (Å²) in [4.78, 5) is 12.3. The number of benzene rings is 2. The van der Waals surface area contributed by atoms with Gasteiger partial charge in [-0.25, -0.2) is 0 Å². The predicted octanol–water partition coefficient (Wildman–Crippen LogP) is 5.23. The van der Waals surface area contributed by atoms with E-state index < -0.39 is 17.9 Å². The summed E-state index contributed by atoms with van der Waals surface area (Å²) in [6, 6.07) is 9.52. The van der Waals surface area contributed by atoms with Crippen LogP contribution in [0.3, 0.4) is 0 Å². The lowest BCUT2D eigenvalue weighted by molar-refractivity contribution is -0.274. The lowest BCUT2D eigenvalue weighted by Gasteiger charge is -2.12. The predicted molar refractivity (Wildman–Crippen MR) is 75.7 cm³/mol. The highest BCUT2D eigenvalue weighted by atomic mass is 79.9. The molecule has 0 spiro atoms. The van der Waals surface area contributed by atoms with Crippen molar-refractivity contribution in [3.05, 3.63) is 63.1 Å². The van der Waals surface area contributed by atoms with Gasteiger partial charge in [-0.1, -0.05) is 23.7 Å². The quantitative estimate of drug-likeness (QED) is 0.683. The molecule has 0 heterocycles. The maximum Gasteiger partial charge on any atom is 0.573 e. The fourth-order valence-corrected chi connectivity index (χ4v) is 2.16. The molecule has 0 saturated heterocycles. The van der Waals surface area contributed by atoms with Crippen LogP contribution in [0.5, 0.6) is 5.75 Å². The highest BCUT2D eigenvalue weighted by Gasteiger charge is 2.32. The molecule has 110 valence electrons. The topological polar surface area (TPSA) is 26.3 Å². The van der Waals surface area contributed by atoms with Crippen molar-refractivity contribution in [3.63, 3.8) is 0 Å². The van der Waals surface area contributed by atoms with E-state index in [4.69, 9.17) is 11.6 Å². The van der Waals surface area contributed by atoms with Crippen molar-refractivity contribution in [2.75, 3.05) is 0 Å². The number of carbonyl (C=O) groups excluding carboxylic acids is 1. The zero-order valence-corrected chi connectivity index (χ0v) is 12.6. The highest BCUT2D eigenvalue weighted by Crippen LogP contribution is 2.29. The van der Waals surface area contributed by atoms with Gasteiger partial charge in [0.25, 0.3) is 0 Å². The number of para-hydroxylation sites is 1. The van der Waals surface area contributed by atoms with E-state index >= 15 is 0 Å². The highest BCUT2D eigenvalue weighted by molar-refractivity contribution is 9.10. The molecule has 2 aromatic carbocycles. The van der Waals surface area contributed by atoms with Gasteiger partial charge in [0, 0.05) is 10.0 Å². The summed E-state index contributed by atoms with van der Waals surface area (Å²) < 4.78 is 41.4. The second-order valence-electron chi connectivity index (χ2n) is 4.00. The van der Waals surface area contributed by atoms with Gasteiger partial charge < -0.3 is 4.74 Å². The zero-order chi connectivity index (χ0) is 15.6. The van der Waals surface area contributed by atoms with E-state index in [9.17, 15) is 18.0 Å². The van der Waals surface area contributed by atoms with E-state index in [-0.39, 0.29) is 11.1 Å². The van der Waals surface area contributed by atoms with Gasteiger partial charge >= 0.3 is 6.36 Å². The summed E-state index contributed by atoms with van der Waals surface area (Å²) in [6.07, 6.45) is -4.86. The molecule has 0 amide bonds. The number of rotatable bonds is 3. The summed E-state index contributed by atoms with van der Waals surface area (Å²) in [6.45, 7) is 0. The molecule has 0 aliphatic carbocycles. The Kier molecular flexibility index (Phi) is 4.58. The Morgan fingerprint density at radius 2 is 1.81 bits per heavy atom. The first kappa shape index (κ1) is 15.9. The van der Waals surface area contributed by atoms with E-state index in [0.717, 1.165) is 6.07 Å². The van der Waals surface area contributed by atoms with Gasteiger partial charge in [0.1, 0.15) is 5.75 Å². The van der Waals surface area contributed by atoms with Crippen LogP contribution in [0.25, 0.3) is 0 Å². The Balaban J connectivity index is 2.41. The molecule has 0 aliphatic rings. The van der Waals surface area contributed by atoms with Gasteiger partial charge in [0.2, 0.25) is 0 Å². The number of hydrogen-bond acceptors (Lipinski definition) is 2. The van der Waals surface area contributed by atoms with Crippen LogP contribution in [0.1, 0.15) is 15.9 Å². The minimum Gasteiger partial charge on any atom is -0.405 e. The van der Waals surface area contributed by atoms with Crippen molar-refractivity contribution < 1.29 is 22.7 Å². The van der Waals surface area contributed by atoms with Crippen LogP contribution in [0, 0.1) is 0 Å². The second kappa shape index (κ2) is 6.07. The SMILES string of the molecule is O=C(c1ccc(Cl)c(Br)c1)c1ccccc1OC(F)(F)F. The fourth-order valence-electron chi connectivity index (χ4n) is 1.66. The number of ketones is 1. The molecular formula is C14H7BrClF3O2. The van der Waals surface area contributed by atoms with Crippen LogP contribution >= 0.6 is 27.5 Å². The molecular weight excluding hydrogens is 373 g/mol. The molecule has 0 saturated carbocycles. The number of alkyl halides is 3. The number of carbonyl (C=O) groups is 1. The summed E-state index contributed by atoms with van der Waals surface area (Å²) in [5, 5.41) is 0.395. The first-order valence-corrected chi connectivity index (χ1v) is 6.79. The standard InChI is InChI=1S/C14H7BrClF3O2/c15-10-7-8(5-6-11(10)16)13(20)9-3-1-2-4-12(9)21-14(17,18)19/h1-7H. The largest absolute Gasteiger partial charge is 0.573 e. The Morgan fingerprint density at radius 1 is 1.14 bits per heavy atom. The monoisotopic (exact) mass is 378 g/mol. The summed E-state index contributed by atoms with van der Waals surface area (Å²) in [5.41, 5.74) is 0.0218. The van der Waals surface area contributed by atoms with E-state index in [1.807, 2.05) is 0 Å². The van der Waals surface area contributed by atoms with Gasteiger partial charge in [0.15, 0.2) is 5.78 Å². The average molecular weight is 380 g/mol. The number of ether oxygens (including phenoxy) is 1. The van der Waals surface area contributed by atoms with Crippen LogP contribution < -0.4 is 4.74 Å². The first-order valence-electron chi connectivity index (χ1n) is 5.62. The minimum absolute atomic E-state index is 0.177. The summed E-state index contributed by atoms with van der Waals surface area (Å²) in [7, 11) is 0. The molecule has 0 atom stereocenters. The molecule has 0 fully saturated rings. The Morgan fingerprint density at radius 3 is 2.43 bits per heavy atom. The number of hydrogen-bond donors (Lipinski definition) is 0. The molecule has 2 aromatic rings. The van der Waals surface area contributed by atoms with Gasteiger partial charge in [-0.3, -0.25) is 4.79 Å². The molecule has 0 N–H and O–H groups in total. The molecule has 2 nitrogen and oxygen atoms in total. The molecule has 0 bridgehead atoms. The Labute approximate surface area is 131 Å². The lowest BCUT2D eigenvalue weighted by Crippen LogP contribution is -2.19. The van der Waals surface area contributed by atoms with Crippen LogP contribution in [0.15, 0.2) is 46.9 Å². The minimum atomic E-state index is -4.86. The molecule has 0 aliphatic heterocycles. The van der Waals surface area contributed by atoms with Crippen molar-refractivity contribution in [1.29, 1.82) is 0 Å². The average Bonchev–Trinajstić information content (AvgIpc) is 2.40. The second-order valence-corrected chi connectivity index (χ2v) is 5.26. The smallest absolute Gasteiger partial charge is 0.405 e. The van der Waals surface area contributed by atoms with Crippen molar-refractivity contribution in [3.8, 4) is 5.75 Å². The Bertz CT molecular complexity index is 686. The molecule has 21 heavy (non-hydrogen) atoms. The van der Waals surface area contributed by atoms with Crippen LogP contribution in [0.2, 0.25) is 5.02 Å². The lowest BCUT2D eigenvalue weighted by atomic mass is 10.0. The normalized spacial score (nSPS) is 11.3. The van der Waals surface area contributed by atoms with Gasteiger partial charge in [-0.15, -0.1) is 13.2 Å². The molecule has 7 heteroatoms. The zero-order valence-electron chi connectivity index (χ0n) is 10.2. The van der Waals surface area contributed by atoms with Gasteiger partial charge in [-0.05, 0) is 46.3 Å². The molecule has 0 aromatic heterocycles. The van der Waals surface area contributed by atoms with Gasteiger partial charge in [-0.2, -0.15) is 0 Å². The summed E-state index contributed by atoms with van der Waals surface area (Å²) >= 11 is 8.98.